The molecule has 2 N–H and O–H groups in total. The van der Waals surface area contributed by atoms with Gasteiger partial charge in [-0.15, -0.1) is 10.2 Å². The van der Waals surface area contributed by atoms with Gasteiger partial charge in [0.1, 0.15) is 11.9 Å². The Morgan fingerprint density at radius 3 is 2.56 bits per heavy atom. The van der Waals surface area contributed by atoms with Gasteiger partial charge in [0.15, 0.2) is 11.5 Å². The first kappa shape index (κ1) is 18.5. The van der Waals surface area contributed by atoms with E-state index < -0.39 is 17.8 Å². The summed E-state index contributed by atoms with van der Waals surface area (Å²) >= 11 is 0. The number of carbonyl (C=O) groups excluding carboxylic acids is 2. The zero-order valence-corrected chi connectivity index (χ0v) is 15.0. The van der Waals surface area contributed by atoms with E-state index >= 15 is 0 Å². The lowest BCUT2D eigenvalue weighted by molar-refractivity contribution is -0.124. The van der Waals surface area contributed by atoms with Gasteiger partial charge >= 0.3 is 0 Å². The Labute approximate surface area is 155 Å². The van der Waals surface area contributed by atoms with Crippen molar-refractivity contribution in [1.29, 1.82) is 0 Å². The van der Waals surface area contributed by atoms with Crippen molar-refractivity contribution in [3.05, 3.63) is 65.9 Å². The van der Waals surface area contributed by atoms with Crippen LogP contribution in [-0.2, 0) is 11.3 Å². The maximum Gasteiger partial charge on any atom is 0.251 e. The molecular formula is C19H20FN5O2. The fourth-order valence-corrected chi connectivity index (χ4v) is 2.65. The lowest BCUT2D eigenvalue weighted by Gasteiger charge is -2.21. The highest BCUT2D eigenvalue weighted by atomic mass is 19.1. The van der Waals surface area contributed by atoms with Gasteiger partial charge in [-0.05, 0) is 42.3 Å². The molecule has 0 aliphatic carbocycles. The standard InChI is InChI=1S/C19H20FN5O2/c1-12(2)17(22-18(26)13-6-8-14(20)9-7-13)19(27)21-11-16-24-23-15-5-3-4-10-25(15)16/h3-10,12,17H,11H2,1-2H3,(H,21,27)(H,22,26). The Bertz CT molecular complexity index is 952. The highest BCUT2D eigenvalue weighted by Crippen LogP contribution is 2.08. The number of carbonyl (C=O) groups is 2. The molecule has 3 aromatic rings. The van der Waals surface area contributed by atoms with Crippen LogP contribution in [0.5, 0.6) is 0 Å². The van der Waals surface area contributed by atoms with Gasteiger partial charge in [-0.25, -0.2) is 4.39 Å². The minimum absolute atomic E-state index is 0.135. The summed E-state index contributed by atoms with van der Waals surface area (Å²) in [6.07, 6.45) is 1.81. The van der Waals surface area contributed by atoms with E-state index in [1.54, 1.807) is 4.40 Å². The molecule has 0 radical (unpaired) electrons. The summed E-state index contributed by atoms with van der Waals surface area (Å²) in [7, 11) is 0. The molecule has 2 aromatic heterocycles. The fourth-order valence-electron chi connectivity index (χ4n) is 2.65. The number of aromatic nitrogens is 3. The molecule has 140 valence electrons. The molecule has 1 aromatic carbocycles. The van der Waals surface area contributed by atoms with E-state index in [4.69, 9.17) is 0 Å². The number of pyridine rings is 1. The minimum atomic E-state index is -0.735. The summed E-state index contributed by atoms with van der Waals surface area (Å²) in [6.45, 7) is 3.85. The number of hydrogen-bond donors (Lipinski definition) is 2. The first-order valence-corrected chi connectivity index (χ1v) is 8.58. The lowest BCUT2D eigenvalue weighted by Crippen LogP contribution is -2.49. The Balaban J connectivity index is 1.66. The summed E-state index contributed by atoms with van der Waals surface area (Å²) in [5.74, 6) is -0.731. The number of nitrogens with one attached hydrogen (secondary N) is 2. The smallest absolute Gasteiger partial charge is 0.251 e. The van der Waals surface area contributed by atoms with E-state index in [2.05, 4.69) is 20.8 Å². The first-order chi connectivity index (χ1) is 13.0. The molecule has 0 aliphatic heterocycles. The van der Waals surface area contributed by atoms with Crippen LogP contribution in [0.1, 0.15) is 30.0 Å². The van der Waals surface area contributed by atoms with Gasteiger partial charge in [-0.2, -0.15) is 0 Å². The molecule has 8 heteroatoms. The summed E-state index contributed by atoms with van der Waals surface area (Å²) in [6, 6.07) is 9.95. The van der Waals surface area contributed by atoms with Crippen LogP contribution in [0.25, 0.3) is 5.65 Å². The number of amides is 2. The SMILES string of the molecule is CC(C)C(NC(=O)c1ccc(F)cc1)C(=O)NCc1nnc2ccccn12. The molecular weight excluding hydrogens is 349 g/mol. The van der Waals surface area contributed by atoms with Gasteiger partial charge in [0.05, 0.1) is 6.54 Å². The number of rotatable bonds is 6. The van der Waals surface area contributed by atoms with E-state index in [-0.39, 0.29) is 18.4 Å². The van der Waals surface area contributed by atoms with Gasteiger partial charge in [0.2, 0.25) is 5.91 Å². The monoisotopic (exact) mass is 369 g/mol. The van der Waals surface area contributed by atoms with Crippen LogP contribution in [0.3, 0.4) is 0 Å². The van der Waals surface area contributed by atoms with Crippen molar-refractivity contribution in [2.24, 2.45) is 5.92 Å². The molecule has 1 atom stereocenters. The molecule has 0 saturated heterocycles. The molecule has 7 nitrogen and oxygen atoms in total. The van der Waals surface area contributed by atoms with Crippen molar-refractivity contribution >= 4 is 17.5 Å². The molecule has 1 unspecified atom stereocenters. The molecule has 27 heavy (non-hydrogen) atoms. The highest BCUT2D eigenvalue weighted by molar-refractivity contribution is 5.97. The van der Waals surface area contributed by atoms with Gasteiger partial charge < -0.3 is 10.6 Å². The minimum Gasteiger partial charge on any atom is -0.347 e. The zero-order valence-electron chi connectivity index (χ0n) is 15.0. The largest absolute Gasteiger partial charge is 0.347 e. The van der Waals surface area contributed by atoms with Crippen LogP contribution >= 0.6 is 0 Å². The third kappa shape index (κ3) is 4.28. The Hall–Kier alpha value is -3.29. The van der Waals surface area contributed by atoms with E-state index in [0.717, 1.165) is 0 Å². The molecule has 3 rings (SSSR count). The van der Waals surface area contributed by atoms with Gasteiger partial charge in [0.25, 0.3) is 5.91 Å². The maximum absolute atomic E-state index is 13.0. The Morgan fingerprint density at radius 2 is 1.85 bits per heavy atom. The number of fused-ring (bicyclic) bond motifs is 1. The number of benzene rings is 1. The predicted octanol–water partition coefficient (Wildman–Crippen LogP) is 1.94. The summed E-state index contributed by atoms with van der Waals surface area (Å²) < 4.78 is 14.8. The van der Waals surface area contributed by atoms with Crippen LogP contribution in [0.4, 0.5) is 4.39 Å². The van der Waals surface area contributed by atoms with Crippen LogP contribution in [-0.4, -0.2) is 32.5 Å². The molecule has 0 bridgehead atoms. The number of hydrogen-bond acceptors (Lipinski definition) is 4. The van der Waals surface area contributed by atoms with Crippen molar-refractivity contribution in [1.82, 2.24) is 25.2 Å². The second-order valence-corrected chi connectivity index (χ2v) is 6.46. The average Bonchev–Trinajstić information content (AvgIpc) is 3.07. The Morgan fingerprint density at radius 1 is 1.11 bits per heavy atom. The Kier molecular flexibility index (Phi) is 5.44. The highest BCUT2D eigenvalue weighted by Gasteiger charge is 2.25. The van der Waals surface area contributed by atoms with Gasteiger partial charge in [-0.1, -0.05) is 19.9 Å². The number of halogens is 1. The van der Waals surface area contributed by atoms with Crippen molar-refractivity contribution in [3.63, 3.8) is 0 Å². The van der Waals surface area contributed by atoms with Crippen molar-refractivity contribution in [3.8, 4) is 0 Å². The van der Waals surface area contributed by atoms with Crippen LogP contribution in [0, 0.1) is 11.7 Å². The van der Waals surface area contributed by atoms with E-state index in [0.29, 0.717) is 17.0 Å². The number of nitrogens with zero attached hydrogens (tertiary/aromatic N) is 3. The summed E-state index contributed by atoms with van der Waals surface area (Å²) in [4.78, 5) is 24.9. The fraction of sp³-hybridized carbons (Fsp3) is 0.263. The van der Waals surface area contributed by atoms with Crippen LogP contribution in [0.2, 0.25) is 0 Å². The summed E-state index contributed by atoms with van der Waals surface area (Å²) in [5, 5.41) is 13.6. The van der Waals surface area contributed by atoms with Crippen LogP contribution in [0.15, 0.2) is 48.7 Å². The molecule has 2 heterocycles. The molecule has 2 amide bonds. The van der Waals surface area contributed by atoms with E-state index in [1.807, 2.05) is 38.2 Å². The quantitative estimate of drug-likeness (QED) is 0.695. The maximum atomic E-state index is 13.0. The second-order valence-electron chi connectivity index (χ2n) is 6.46. The van der Waals surface area contributed by atoms with Crippen molar-refractivity contribution in [2.45, 2.75) is 26.4 Å². The lowest BCUT2D eigenvalue weighted by atomic mass is 10.0. The average molecular weight is 369 g/mol. The third-order valence-corrected chi connectivity index (χ3v) is 4.15. The third-order valence-electron chi connectivity index (χ3n) is 4.15. The summed E-state index contributed by atoms with van der Waals surface area (Å²) in [5.41, 5.74) is 0.977. The normalized spacial score (nSPS) is 12.1. The van der Waals surface area contributed by atoms with Crippen molar-refractivity contribution < 1.29 is 14.0 Å². The van der Waals surface area contributed by atoms with E-state index in [9.17, 15) is 14.0 Å². The van der Waals surface area contributed by atoms with Crippen LogP contribution < -0.4 is 10.6 Å². The molecule has 0 fully saturated rings. The molecule has 0 aliphatic rings. The second kappa shape index (κ2) is 7.94. The topological polar surface area (TPSA) is 88.4 Å². The van der Waals surface area contributed by atoms with Crippen molar-refractivity contribution in [2.75, 3.05) is 0 Å². The zero-order chi connectivity index (χ0) is 19.4. The molecule has 0 spiro atoms. The molecule has 0 saturated carbocycles. The van der Waals surface area contributed by atoms with Gasteiger partial charge in [0, 0.05) is 11.8 Å². The van der Waals surface area contributed by atoms with Gasteiger partial charge in [-0.3, -0.25) is 14.0 Å². The van der Waals surface area contributed by atoms with E-state index in [1.165, 1.54) is 24.3 Å². The predicted molar refractivity (Wildman–Crippen MR) is 97.3 cm³/mol. The first-order valence-electron chi connectivity index (χ1n) is 8.58.